The third kappa shape index (κ3) is 1.97. The lowest BCUT2D eigenvalue weighted by Gasteiger charge is -2.10. The van der Waals surface area contributed by atoms with Gasteiger partial charge < -0.3 is 20.4 Å². The Kier molecular flexibility index (Phi) is 2.55. The van der Waals surface area contributed by atoms with E-state index in [2.05, 4.69) is 0 Å². The van der Waals surface area contributed by atoms with Gasteiger partial charge in [0, 0.05) is 11.6 Å². The van der Waals surface area contributed by atoms with Crippen molar-refractivity contribution in [3.8, 4) is 34.1 Å². The molecule has 4 heteroatoms. The van der Waals surface area contributed by atoms with Crippen LogP contribution in [0.15, 0.2) is 30.3 Å². The van der Waals surface area contributed by atoms with Crippen LogP contribution < -0.4 is 0 Å². The monoisotopic (exact) mass is 232 g/mol. The Hall–Kier alpha value is -2.36. The fourth-order valence-corrected chi connectivity index (χ4v) is 1.72. The quantitative estimate of drug-likeness (QED) is 0.569. The summed E-state index contributed by atoms with van der Waals surface area (Å²) in [4.78, 5) is 0. The predicted octanol–water partition coefficient (Wildman–Crippen LogP) is 2.48. The van der Waals surface area contributed by atoms with Gasteiger partial charge in [-0.05, 0) is 42.3 Å². The highest BCUT2D eigenvalue weighted by atomic mass is 16.3. The fourth-order valence-electron chi connectivity index (χ4n) is 1.72. The molecule has 17 heavy (non-hydrogen) atoms. The topological polar surface area (TPSA) is 80.9 Å². The van der Waals surface area contributed by atoms with Crippen LogP contribution in [-0.2, 0) is 0 Å². The lowest BCUT2D eigenvalue weighted by molar-refractivity contribution is 0.403. The van der Waals surface area contributed by atoms with Crippen LogP contribution >= 0.6 is 0 Å². The molecular weight excluding hydrogens is 220 g/mol. The molecule has 4 nitrogen and oxygen atoms in total. The molecule has 0 aliphatic heterocycles. The summed E-state index contributed by atoms with van der Waals surface area (Å²) in [5, 5.41) is 37.7. The normalized spacial score (nSPS) is 10.4. The molecule has 0 fully saturated rings. The number of phenols is 4. The van der Waals surface area contributed by atoms with E-state index in [1.165, 1.54) is 24.3 Å². The second-order valence-electron chi connectivity index (χ2n) is 3.86. The zero-order valence-corrected chi connectivity index (χ0v) is 9.18. The zero-order chi connectivity index (χ0) is 12.6. The van der Waals surface area contributed by atoms with Crippen molar-refractivity contribution in [2.75, 3.05) is 0 Å². The van der Waals surface area contributed by atoms with E-state index in [-0.39, 0.29) is 23.0 Å². The number of rotatable bonds is 1. The highest BCUT2D eigenvalue weighted by Gasteiger charge is 2.11. The van der Waals surface area contributed by atoms with E-state index in [4.69, 9.17) is 0 Å². The van der Waals surface area contributed by atoms with Crippen LogP contribution in [0, 0.1) is 6.92 Å². The van der Waals surface area contributed by atoms with E-state index in [1.807, 2.05) is 0 Å². The summed E-state index contributed by atoms with van der Waals surface area (Å²) in [6.45, 7) is 1.75. The van der Waals surface area contributed by atoms with Gasteiger partial charge in [-0.15, -0.1) is 0 Å². The number of hydrogen-bond acceptors (Lipinski definition) is 4. The van der Waals surface area contributed by atoms with E-state index in [9.17, 15) is 20.4 Å². The van der Waals surface area contributed by atoms with Gasteiger partial charge in [0.25, 0.3) is 0 Å². The molecule has 0 unspecified atom stereocenters. The number of phenolic OH excluding ortho intramolecular Hbond substituents is 4. The van der Waals surface area contributed by atoms with Crippen LogP contribution in [0.4, 0.5) is 0 Å². The Balaban J connectivity index is 2.64. The maximum atomic E-state index is 9.73. The van der Waals surface area contributed by atoms with Gasteiger partial charge in [-0.2, -0.15) is 0 Å². The largest absolute Gasteiger partial charge is 0.508 e. The molecular formula is C13H12O4. The summed E-state index contributed by atoms with van der Waals surface area (Å²) in [7, 11) is 0. The second kappa shape index (κ2) is 3.90. The van der Waals surface area contributed by atoms with Gasteiger partial charge in [0.1, 0.15) is 11.5 Å². The Labute approximate surface area is 98.0 Å². The molecule has 0 spiro atoms. The van der Waals surface area contributed by atoms with E-state index < -0.39 is 0 Å². The molecule has 4 N–H and O–H groups in total. The summed E-state index contributed by atoms with van der Waals surface area (Å²) in [5.74, 6) is -0.576. The van der Waals surface area contributed by atoms with Crippen molar-refractivity contribution in [1.29, 1.82) is 0 Å². The molecule has 2 rings (SSSR count). The highest BCUT2D eigenvalue weighted by Crippen LogP contribution is 2.38. The summed E-state index contributed by atoms with van der Waals surface area (Å²) in [6, 6.07) is 6.99. The van der Waals surface area contributed by atoms with Gasteiger partial charge in [0.2, 0.25) is 0 Å². The first-order valence-electron chi connectivity index (χ1n) is 5.04. The van der Waals surface area contributed by atoms with E-state index in [0.29, 0.717) is 16.7 Å². The summed E-state index contributed by atoms with van der Waals surface area (Å²) in [5.41, 5.74) is 1.79. The maximum absolute atomic E-state index is 9.73. The summed E-state index contributed by atoms with van der Waals surface area (Å²) < 4.78 is 0. The smallest absolute Gasteiger partial charge is 0.158 e. The maximum Gasteiger partial charge on any atom is 0.158 e. The number of hydrogen-bond donors (Lipinski definition) is 4. The first-order chi connectivity index (χ1) is 7.99. The lowest BCUT2D eigenvalue weighted by Crippen LogP contribution is -1.84. The Morgan fingerprint density at radius 2 is 1.35 bits per heavy atom. The molecule has 0 heterocycles. The lowest BCUT2D eigenvalue weighted by atomic mass is 9.99. The summed E-state index contributed by atoms with van der Waals surface area (Å²) >= 11 is 0. The van der Waals surface area contributed by atoms with Crippen molar-refractivity contribution in [1.82, 2.24) is 0 Å². The molecule has 0 amide bonds. The molecule has 0 radical (unpaired) electrons. The van der Waals surface area contributed by atoms with E-state index in [1.54, 1.807) is 13.0 Å². The molecule has 0 saturated carbocycles. The molecule has 0 aromatic heterocycles. The third-order valence-corrected chi connectivity index (χ3v) is 2.59. The van der Waals surface area contributed by atoms with E-state index in [0.717, 1.165) is 0 Å². The van der Waals surface area contributed by atoms with Gasteiger partial charge in [-0.25, -0.2) is 0 Å². The van der Waals surface area contributed by atoms with Crippen molar-refractivity contribution >= 4 is 0 Å². The van der Waals surface area contributed by atoms with Crippen molar-refractivity contribution < 1.29 is 20.4 Å². The minimum absolute atomic E-state index is 0.0353. The number of aromatic hydroxyl groups is 4. The molecule has 0 aliphatic carbocycles. The predicted molar refractivity (Wildman–Crippen MR) is 63.3 cm³/mol. The van der Waals surface area contributed by atoms with Crippen LogP contribution in [0.1, 0.15) is 5.56 Å². The Morgan fingerprint density at radius 3 is 2.00 bits per heavy atom. The number of benzene rings is 2. The highest BCUT2D eigenvalue weighted by molar-refractivity contribution is 5.76. The van der Waals surface area contributed by atoms with E-state index >= 15 is 0 Å². The molecule has 2 aromatic carbocycles. The minimum Gasteiger partial charge on any atom is -0.508 e. The number of aryl methyl sites for hydroxylation is 1. The van der Waals surface area contributed by atoms with Crippen molar-refractivity contribution in [3.63, 3.8) is 0 Å². The third-order valence-electron chi connectivity index (χ3n) is 2.59. The van der Waals surface area contributed by atoms with Gasteiger partial charge >= 0.3 is 0 Å². The van der Waals surface area contributed by atoms with Crippen LogP contribution in [-0.4, -0.2) is 20.4 Å². The Morgan fingerprint density at radius 1 is 0.706 bits per heavy atom. The standard InChI is InChI=1S/C13H12O4/c1-7-4-12(16)13(17)6-10(7)9-3-2-8(14)5-11(9)15/h2-6,14-17H,1H3. The van der Waals surface area contributed by atoms with Gasteiger partial charge in [0.15, 0.2) is 11.5 Å². The first kappa shape index (κ1) is 11.1. The minimum atomic E-state index is -0.252. The first-order valence-corrected chi connectivity index (χ1v) is 5.04. The van der Waals surface area contributed by atoms with Crippen molar-refractivity contribution in [2.45, 2.75) is 6.92 Å². The van der Waals surface area contributed by atoms with Crippen molar-refractivity contribution in [2.24, 2.45) is 0 Å². The van der Waals surface area contributed by atoms with Crippen LogP contribution in [0.3, 0.4) is 0 Å². The van der Waals surface area contributed by atoms with Gasteiger partial charge in [0.05, 0.1) is 0 Å². The molecule has 0 bridgehead atoms. The molecule has 0 saturated heterocycles. The van der Waals surface area contributed by atoms with Crippen LogP contribution in [0.2, 0.25) is 0 Å². The SMILES string of the molecule is Cc1cc(O)c(O)cc1-c1ccc(O)cc1O. The molecule has 0 atom stereocenters. The van der Waals surface area contributed by atoms with Gasteiger partial charge in [-0.1, -0.05) is 0 Å². The zero-order valence-electron chi connectivity index (χ0n) is 9.18. The Bertz CT molecular complexity index is 576. The van der Waals surface area contributed by atoms with Gasteiger partial charge in [-0.3, -0.25) is 0 Å². The molecule has 0 aliphatic rings. The average molecular weight is 232 g/mol. The molecule has 2 aromatic rings. The van der Waals surface area contributed by atoms with Crippen LogP contribution in [0.5, 0.6) is 23.0 Å². The second-order valence-corrected chi connectivity index (χ2v) is 3.86. The average Bonchev–Trinajstić information content (AvgIpc) is 2.24. The fraction of sp³-hybridized carbons (Fsp3) is 0.0769. The summed E-state index contributed by atoms with van der Waals surface area (Å²) in [6.07, 6.45) is 0. The van der Waals surface area contributed by atoms with Crippen LogP contribution in [0.25, 0.3) is 11.1 Å². The molecule has 88 valence electrons. The van der Waals surface area contributed by atoms with Crippen molar-refractivity contribution in [3.05, 3.63) is 35.9 Å².